The molecule has 0 aliphatic heterocycles. The van der Waals surface area contributed by atoms with Gasteiger partial charge in [0.25, 0.3) is 0 Å². The molecule has 3 aliphatic rings. The van der Waals surface area contributed by atoms with Crippen molar-refractivity contribution in [2.24, 2.45) is 46.3 Å². The van der Waals surface area contributed by atoms with Gasteiger partial charge in [-0.3, -0.25) is 0 Å². The van der Waals surface area contributed by atoms with E-state index in [0.29, 0.717) is 22.7 Å². The molecule has 0 atom stereocenters. The van der Waals surface area contributed by atoms with Gasteiger partial charge < -0.3 is 9.59 Å². The molecule has 3 aliphatic carbocycles. The summed E-state index contributed by atoms with van der Waals surface area (Å²) in [5, 5.41) is 0. The zero-order valence-electron chi connectivity index (χ0n) is 18.9. The normalized spacial score (nSPS) is 38.0. The maximum atomic E-state index is 11.1. The smallest absolute Gasteiger partial charge is 0.123 e. The number of hydrogen-bond acceptors (Lipinski definition) is 2. The summed E-state index contributed by atoms with van der Waals surface area (Å²) >= 11 is 0. The maximum Gasteiger partial charge on any atom is 0.123 e. The van der Waals surface area contributed by atoms with Crippen LogP contribution in [0.4, 0.5) is 0 Å². The molecule has 0 unspecified atom stereocenters. The molecule has 0 aromatic carbocycles. The number of carbonyl (C=O) groups is 2. The van der Waals surface area contributed by atoms with Crippen LogP contribution in [0.5, 0.6) is 0 Å². The Morgan fingerprint density at radius 1 is 0.464 bits per heavy atom. The summed E-state index contributed by atoms with van der Waals surface area (Å²) < 4.78 is 0. The van der Waals surface area contributed by atoms with Crippen LogP contribution in [-0.2, 0) is 9.59 Å². The van der Waals surface area contributed by atoms with Crippen molar-refractivity contribution in [3.8, 4) is 0 Å². The van der Waals surface area contributed by atoms with E-state index in [1.165, 1.54) is 63.9 Å². The van der Waals surface area contributed by atoms with Gasteiger partial charge in [-0.1, -0.05) is 27.7 Å². The Morgan fingerprint density at radius 3 is 0.893 bits per heavy atom. The Labute approximate surface area is 173 Å². The molecule has 3 fully saturated rings. The highest BCUT2D eigenvalue weighted by Crippen LogP contribution is 2.54. The second-order valence-corrected chi connectivity index (χ2v) is 11.7. The Kier molecular flexibility index (Phi) is 7.09. The highest BCUT2D eigenvalue weighted by atomic mass is 16.1. The standard InChI is InChI=1S/C26H44O2/c1-25(2,21-9-5-19(17-27)6-10-21)23-13-15-24(16-14-23)26(3,4)22-11-7-20(18-28)8-12-22/h17-24H,5-16H2,1-4H3. The minimum atomic E-state index is 0.331. The molecule has 2 heteroatoms. The molecule has 3 rings (SSSR count). The summed E-state index contributed by atoms with van der Waals surface area (Å²) in [4.78, 5) is 22.2. The lowest BCUT2D eigenvalue weighted by Gasteiger charge is -2.50. The summed E-state index contributed by atoms with van der Waals surface area (Å²) in [6.07, 6.45) is 17.4. The zero-order chi connectivity index (χ0) is 20.4. The van der Waals surface area contributed by atoms with E-state index in [4.69, 9.17) is 0 Å². The van der Waals surface area contributed by atoms with Crippen molar-refractivity contribution in [3.05, 3.63) is 0 Å². The van der Waals surface area contributed by atoms with Crippen molar-refractivity contribution >= 4 is 12.6 Å². The van der Waals surface area contributed by atoms with Crippen LogP contribution in [0.1, 0.15) is 105 Å². The Hall–Kier alpha value is -0.660. The van der Waals surface area contributed by atoms with E-state index in [2.05, 4.69) is 27.7 Å². The van der Waals surface area contributed by atoms with Gasteiger partial charge in [0.2, 0.25) is 0 Å². The van der Waals surface area contributed by atoms with Crippen LogP contribution in [0.2, 0.25) is 0 Å². The fourth-order valence-electron chi connectivity index (χ4n) is 7.25. The van der Waals surface area contributed by atoms with Gasteiger partial charge in [0.15, 0.2) is 0 Å². The van der Waals surface area contributed by atoms with Crippen LogP contribution in [0.15, 0.2) is 0 Å². The van der Waals surface area contributed by atoms with Crippen LogP contribution >= 0.6 is 0 Å². The molecule has 160 valence electrons. The summed E-state index contributed by atoms with van der Waals surface area (Å²) in [6, 6.07) is 0. The fourth-order valence-corrected chi connectivity index (χ4v) is 7.25. The molecule has 0 bridgehead atoms. The van der Waals surface area contributed by atoms with E-state index in [-0.39, 0.29) is 0 Å². The third kappa shape index (κ3) is 4.57. The Balaban J connectivity index is 1.53. The fraction of sp³-hybridized carbons (Fsp3) is 0.923. The van der Waals surface area contributed by atoms with Crippen molar-refractivity contribution in [2.45, 2.75) is 105 Å². The minimum absolute atomic E-state index is 0.331. The SMILES string of the molecule is CC(C)(C1CCC(C=O)CC1)C1CCC(C(C)(C)C2CCC(C=O)CC2)CC1. The van der Waals surface area contributed by atoms with Crippen LogP contribution in [-0.4, -0.2) is 12.6 Å². The van der Waals surface area contributed by atoms with E-state index in [1.807, 2.05) is 0 Å². The third-order valence-electron chi connectivity index (χ3n) is 9.86. The summed E-state index contributed by atoms with van der Waals surface area (Å²) in [5.41, 5.74) is 0.843. The lowest BCUT2D eigenvalue weighted by Crippen LogP contribution is -2.41. The average molecular weight is 389 g/mol. The predicted octanol–water partition coefficient (Wildman–Crippen LogP) is 6.86. The van der Waals surface area contributed by atoms with Gasteiger partial charge in [0.1, 0.15) is 12.6 Å². The van der Waals surface area contributed by atoms with Gasteiger partial charge in [-0.2, -0.15) is 0 Å². The quantitative estimate of drug-likeness (QED) is 0.466. The van der Waals surface area contributed by atoms with E-state index in [0.717, 1.165) is 49.4 Å². The van der Waals surface area contributed by atoms with Gasteiger partial charge in [0.05, 0.1) is 0 Å². The lowest BCUT2D eigenvalue weighted by atomic mass is 9.55. The van der Waals surface area contributed by atoms with E-state index in [1.54, 1.807) is 0 Å². The monoisotopic (exact) mass is 388 g/mol. The van der Waals surface area contributed by atoms with Crippen molar-refractivity contribution in [3.63, 3.8) is 0 Å². The number of rotatable bonds is 6. The van der Waals surface area contributed by atoms with Gasteiger partial charge in [-0.25, -0.2) is 0 Å². The molecular formula is C26H44O2. The van der Waals surface area contributed by atoms with E-state index >= 15 is 0 Å². The lowest BCUT2D eigenvalue weighted by molar-refractivity contribution is -0.113. The largest absolute Gasteiger partial charge is 0.303 e. The molecule has 0 spiro atoms. The molecular weight excluding hydrogens is 344 g/mol. The van der Waals surface area contributed by atoms with Gasteiger partial charge in [0, 0.05) is 11.8 Å². The molecule has 0 heterocycles. The van der Waals surface area contributed by atoms with Crippen molar-refractivity contribution in [2.75, 3.05) is 0 Å². The second kappa shape index (κ2) is 9.00. The summed E-state index contributed by atoms with van der Waals surface area (Å²) in [5.74, 6) is 3.97. The molecule has 2 nitrogen and oxygen atoms in total. The molecule has 0 amide bonds. The van der Waals surface area contributed by atoms with Crippen LogP contribution in [0.25, 0.3) is 0 Å². The molecule has 0 radical (unpaired) electrons. The number of carbonyl (C=O) groups excluding carboxylic acids is 2. The number of hydrogen-bond donors (Lipinski definition) is 0. The van der Waals surface area contributed by atoms with Crippen LogP contribution < -0.4 is 0 Å². The topological polar surface area (TPSA) is 34.1 Å². The second-order valence-electron chi connectivity index (χ2n) is 11.7. The number of aldehydes is 2. The molecule has 0 N–H and O–H groups in total. The summed E-state index contributed by atoms with van der Waals surface area (Å²) in [7, 11) is 0. The zero-order valence-corrected chi connectivity index (χ0v) is 18.9. The first-order chi connectivity index (χ1) is 13.3. The van der Waals surface area contributed by atoms with Crippen LogP contribution in [0, 0.1) is 46.3 Å². The first-order valence-corrected chi connectivity index (χ1v) is 12.2. The molecule has 3 saturated carbocycles. The van der Waals surface area contributed by atoms with Crippen molar-refractivity contribution < 1.29 is 9.59 Å². The Bertz CT molecular complexity index is 463. The highest BCUT2D eigenvalue weighted by molar-refractivity contribution is 5.53. The van der Waals surface area contributed by atoms with Gasteiger partial charge in [-0.15, -0.1) is 0 Å². The van der Waals surface area contributed by atoms with Gasteiger partial charge >= 0.3 is 0 Å². The average Bonchev–Trinajstić information content (AvgIpc) is 2.74. The minimum Gasteiger partial charge on any atom is -0.303 e. The van der Waals surface area contributed by atoms with Crippen molar-refractivity contribution in [1.82, 2.24) is 0 Å². The van der Waals surface area contributed by atoms with E-state index in [9.17, 15) is 9.59 Å². The van der Waals surface area contributed by atoms with E-state index < -0.39 is 0 Å². The first kappa shape index (κ1) is 22.0. The predicted molar refractivity (Wildman–Crippen MR) is 116 cm³/mol. The molecule has 28 heavy (non-hydrogen) atoms. The third-order valence-corrected chi connectivity index (χ3v) is 9.86. The Morgan fingerprint density at radius 2 is 0.679 bits per heavy atom. The highest BCUT2D eigenvalue weighted by Gasteiger charge is 2.44. The first-order valence-electron chi connectivity index (χ1n) is 12.2. The van der Waals surface area contributed by atoms with Gasteiger partial charge in [-0.05, 0) is 112 Å². The van der Waals surface area contributed by atoms with Crippen molar-refractivity contribution in [1.29, 1.82) is 0 Å². The molecule has 0 aromatic rings. The molecule has 0 aromatic heterocycles. The van der Waals surface area contributed by atoms with Crippen LogP contribution in [0.3, 0.4) is 0 Å². The molecule has 0 saturated heterocycles. The maximum absolute atomic E-state index is 11.1. The summed E-state index contributed by atoms with van der Waals surface area (Å²) in [6.45, 7) is 10.1.